The smallest absolute Gasteiger partial charge is 0.313 e. The predicted octanol–water partition coefficient (Wildman–Crippen LogP) is 13.8. The van der Waals surface area contributed by atoms with Gasteiger partial charge in [-0.1, -0.05) is 124 Å². The van der Waals surface area contributed by atoms with Crippen molar-refractivity contribution >= 4 is 146 Å². The number of carbonyl (C=O) groups excluding carboxylic acids is 1. The molecule has 0 spiro atoms. The molecular formula is C76H80BrF3N20O16S7. The fourth-order valence-electron chi connectivity index (χ4n) is 10.7. The zero-order valence-electron chi connectivity index (χ0n) is 64.7. The molecule has 6 aromatic carbocycles. The number of ketones is 1. The van der Waals surface area contributed by atoms with E-state index < -0.39 is 53.3 Å². The summed E-state index contributed by atoms with van der Waals surface area (Å²) in [5.74, 6) is -4.58. The summed E-state index contributed by atoms with van der Waals surface area (Å²) in [4.78, 5) is 103. The number of carbonyl (C=O) groups is 7. The van der Waals surface area contributed by atoms with E-state index in [1.54, 1.807) is 18.9 Å². The minimum absolute atomic E-state index is 0. The molecule has 47 heteroatoms. The molecule has 0 atom stereocenters. The number of benzene rings is 6. The Labute approximate surface area is 737 Å². The van der Waals surface area contributed by atoms with Crippen molar-refractivity contribution in [1.82, 2.24) is 96.4 Å². The summed E-state index contributed by atoms with van der Waals surface area (Å²) in [6, 6.07) is 35.3. The highest BCUT2D eigenvalue weighted by Gasteiger charge is 2.22. The van der Waals surface area contributed by atoms with Crippen molar-refractivity contribution in [1.29, 1.82) is 0 Å². The molecule has 13 N–H and O–H groups in total. The minimum Gasteiger partial charge on any atom is -0.497 e. The summed E-state index contributed by atoms with van der Waals surface area (Å²) in [6.45, 7) is 5.57. The second-order valence-electron chi connectivity index (χ2n) is 24.8. The van der Waals surface area contributed by atoms with Gasteiger partial charge in [-0.25, -0.2) is 43.1 Å². The van der Waals surface area contributed by atoms with Gasteiger partial charge in [-0.15, -0.1) is 42.4 Å². The number of piperidine rings is 2. The van der Waals surface area contributed by atoms with Gasteiger partial charge in [0.15, 0.2) is 40.7 Å². The number of hydrogen-bond donors (Lipinski definition) is 13. The number of Topliss-reactive ketones (excluding diaryl/α,β-unsaturated/α-hetero) is 1. The van der Waals surface area contributed by atoms with Crippen molar-refractivity contribution in [2.75, 3.05) is 86.1 Å². The number of nitrogens with one attached hydrogen (secondary N) is 7. The first kappa shape index (κ1) is 97.0. The van der Waals surface area contributed by atoms with Crippen LogP contribution in [0.3, 0.4) is 0 Å². The van der Waals surface area contributed by atoms with Gasteiger partial charge in [-0.2, -0.15) is 0 Å². The van der Waals surface area contributed by atoms with E-state index in [9.17, 15) is 46.7 Å². The second-order valence-corrected chi connectivity index (χ2v) is 32.3. The standard InChI is InChI=1S/C15H18N4O3S.C15H18N4O2S.C12H10FN3O3S.C11H10BrN3O3S.C11H9F2N3O3S.C11H11N3O2S2.CH4/c20-13(21)9-23-15-17-14(18-19-15)10-1-3-11(4-2-10)22-12-5-7-16-8-6-12;20-13(21)10-22-15-16-14(17-18-15)11-5-4-6-12(9-11)19-7-2-1-3-8-19;1-6(17)7-2-3-9(13)8(4-7)11-14-12(16-15-11)20-5-10(18)19;1-18-8-3-2-6(12)4-7(8)10-13-11(15-14-10)19-5-9(16)17;1-19-5-2-6(12)9(7(13)3-5)10-14-11(16-15-10)20-4-8(17)18;1-17-8-5-3-2-4-7(8)10-12-11(14-13-10)18-6-9(15)16;/h1-4,12,16H,5-9H2,(H,20,21)(H,17,18,19);4-6,9H,1-3,7-8,10H2,(H,20,21)(H,16,17,18);2-4H,5H2,1H3,(H,18,19)(H,14,15,16);2-4H,5H2,1H3,(H,16,17)(H,13,14,15);2-3H,4H2,1H3,(H,17,18)(H,14,15,16);2-5H,6H2,1H3,(H,15,16)(H,12,13,14);1H4. The second kappa shape index (κ2) is 49.6. The lowest BCUT2D eigenvalue weighted by atomic mass is 10.1. The molecule has 0 unspecified atom stereocenters. The van der Waals surface area contributed by atoms with Gasteiger partial charge in [-0.3, -0.25) is 64.2 Å². The Bertz CT molecular complexity index is 5480. The number of halogens is 4. The molecule has 0 amide bonds. The Kier molecular flexibility index (Phi) is 39.1. The summed E-state index contributed by atoms with van der Waals surface area (Å²) in [5.41, 5.74) is 4.89. The van der Waals surface area contributed by atoms with Crippen molar-refractivity contribution in [3.63, 3.8) is 0 Å². The molecule has 650 valence electrons. The molecule has 2 aliphatic heterocycles. The van der Waals surface area contributed by atoms with E-state index in [-0.39, 0.29) is 92.7 Å². The van der Waals surface area contributed by atoms with E-state index in [1.807, 2.05) is 85.1 Å². The van der Waals surface area contributed by atoms with Crippen molar-refractivity contribution in [2.24, 2.45) is 0 Å². The maximum absolute atomic E-state index is 13.8. The number of H-pyrrole nitrogens is 6. The predicted molar refractivity (Wildman–Crippen MR) is 463 cm³/mol. The van der Waals surface area contributed by atoms with Crippen LogP contribution >= 0.6 is 98.3 Å². The molecule has 8 heterocycles. The van der Waals surface area contributed by atoms with Gasteiger partial charge in [0.25, 0.3) is 0 Å². The van der Waals surface area contributed by atoms with E-state index in [1.165, 1.54) is 57.2 Å². The van der Waals surface area contributed by atoms with Gasteiger partial charge >= 0.3 is 35.8 Å². The lowest BCUT2D eigenvalue weighted by Gasteiger charge is -2.29. The summed E-state index contributed by atoms with van der Waals surface area (Å²) in [5, 5.41) is 96.7. The average Bonchev–Trinajstić information content (AvgIpc) is 1.53. The third kappa shape index (κ3) is 31.4. The fraction of sp³-hybridized carbons (Fsp3) is 0.276. The highest BCUT2D eigenvalue weighted by Crippen LogP contribution is 2.35. The van der Waals surface area contributed by atoms with Crippen LogP contribution in [-0.2, 0) is 28.8 Å². The molecule has 0 bridgehead atoms. The Balaban J connectivity index is 0.000000183. The van der Waals surface area contributed by atoms with Gasteiger partial charge in [0.05, 0.1) is 65.4 Å². The van der Waals surface area contributed by atoms with E-state index in [4.69, 9.17) is 44.8 Å². The molecule has 6 aromatic heterocycles. The number of aromatic nitrogens is 18. The first-order valence-electron chi connectivity index (χ1n) is 36.0. The van der Waals surface area contributed by atoms with Crippen molar-refractivity contribution in [2.45, 2.75) is 88.4 Å². The molecule has 12 aromatic rings. The topological polar surface area (TPSA) is 533 Å². The van der Waals surface area contributed by atoms with Crippen molar-refractivity contribution in [3.8, 4) is 85.6 Å². The molecule has 36 nitrogen and oxygen atoms in total. The Hall–Kier alpha value is -11.5. The van der Waals surface area contributed by atoms with E-state index >= 15 is 0 Å². The van der Waals surface area contributed by atoms with Crippen molar-refractivity contribution in [3.05, 3.63) is 149 Å². The number of rotatable bonds is 31. The van der Waals surface area contributed by atoms with Gasteiger partial charge in [0.2, 0.25) is 30.9 Å². The number of aliphatic carboxylic acids is 6. The number of thioether (sulfide) groups is 7. The quantitative estimate of drug-likeness (QED) is 0.0142. The zero-order chi connectivity index (χ0) is 87.6. The number of anilines is 1. The van der Waals surface area contributed by atoms with Crippen LogP contribution in [-0.4, -0.2) is 251 Å². The summed E-state index contributed by atoms with van der Waals surface area (Å²) in [7, 11) is 2.87. The number of methoxy groups -OCH3 is 2. The summed E-state index contributed by atoms with van der Waals surface area (Å²) >= 11 is 11.1. The SMILES string of the molecule is C.CC(=O)c1ccc(F)c(-c2nc(SCC(=O)O)n[nH]2)c1.COc1cc(F)c(-c2nc(SCC(=O)O)n[nH]2)c(F)c1.COc1ccc(Br)cc1-c1nc(SCC(=O)O)n[nH]1.CSc1ccccc1-c1nc(SCC(=O)O)n[nH]1.O=C(O)CSc1n[nH]c(-c2ccc(OC3CCNCC3)cc2)n1.O=C(O)CSc1n[nH]c(-c2cccc(N3CCCCC3)c2)n1. The van der Waals surface area contributed by atoms with Crippen LogP contribution in [0.5, 0.6) is 17.2 Å². The highest BCUT2D eigenvalue weighted by molar-refractivity contribution is 9.10. The van der Waals surface area contributed by atoms with Gasteiger partial charge < -0.3 is 55.1 Å². The molecule has 0 radical (unpaired) electrons. The van der Waals surface area contributed by atoms with Gasteiger partial charge in [-0.05, 0) is 137 Å². The van der Waals surface area contributed by atoms with Gasteiger partial charge in [0.1, 0.15) is 40.8 Å². The number of nitrogens with zero attached hydrogens (tertiary/aromatic N) is 13. The third-order valence-electron chi connectivity index (χ3n) is 16.2. The zero-order valence-corrected chi connectivity index (χ0v) is 72.0. The molecule has 123 heavy (non-hydrogen) atoms. The monoisotopic (exact) mass is 1890 g/mol. The van der Waals surface area contributed by atoms with Gasteiger partial charge in [0, 0.05) is 62.5 Å². The highest BCUT2D eigenvalue weighted by atomic mass is 79.9. The lowest BCUT2D eigenvalue weighted by Crippen LogP contribution is -2.34. The van der Waals surface area contributed by atoms with Crippen LogP contribution in [0.15, 0.2) is 162 Å². The number of carboxylic acids is 6. The van der Waals surface area contributed by atoms with E-state index in [0.29, 0.717) is 55.2 Å². The van der Waals surface area contributed by atoms with Crippen LogP contribution < -0.4 is 24.4 Å². The van der Waals surface area contributed by atoms with E-state index in [2.05, 4.69) is 129 Å². The van der Waals surface area contributed by atoms with Crippen LogP contribution in [0.2, 0.25) is 0 Å². The molecule has 2 fully saturated rings. The molecular weight excluding hydrogens is 1810 g/mol. The van der Waals surface area contributed by atoms with Crippen LogP contribution in [0.4, 0.5) is 18.9 Å². The molecule has 0 aliphatic carbocycles. The lowest BCUT2D eigenvalue weighted by molar-refractivity contribution is -0.134. The Morgan fingerprint density at radius 2 is 0.894 bits per heavy atom. The maximum atomic E-state index is 13.8. The molecule has 14 rings (SSSR count). The first-order chi connectivity index (χ1) is 58.7. The number of carboxylic acid groups (broad SMARTS) is 6. The van der Waals surface area contributed by atoms with Crippen LogP contribution in [0, 0.1) is 17.5 Å². The third-order valence-corrected chi connectivity index (χ3v) is 22.5. The number of aromatic amines is 6. The number of hydrogen-bond acceptors (Lipinski definition) is 31. The van der Waals surface area contributed by atoms with Crippen molar-refractivity contribution < 1.29 is 91.6 Å². The van der Waals surface area contributed by atoms with E-state index in [0.717, 1.165) is 159 Å². The maximum Gasteiger partial charge on any atom is 0.313 e. The molecule has 2 saturated heterocycles. The number of ether oxygens (including phenoxy) is 3. The fourth-order valence-corrected chi connectivity index (χ4v) is 14.8. The Morgan fingerprint density at radius 1 is 0.455 bits per heavy atom. The molecule has 2 aliphatic rings. The van der Waals surface area contributed by atoms with Crippen LogP contribution in [0.25, 0.3) is 68.3 Å². The molecule has 0 saturated carbocycles. The summed E-state index contributed by atoms with van der Waals surface area (Å²) in [6.07, 6.45) is 8.09. The summed E-state index contributed by atoms with van der Waals surface area (Å²) < 4.78 is 58.2. The average molecular weight is 1890 g/mol. The minimum atomic E-state index is -1.04. The normalized spacial score (nSPS) is 12.1. The first-order valence-corrected chi connectivity index (χ1v) is 43.9. The Morgan fingerprint density at radius 3 is 1.36 bits per heavy atom. The largest absolute Gasteiger partial charge is 0.497 e. The van der Waals surface area contributed by atoms with Crippen LogP contribution in [0.1, 0.15) is 56.8 Å².